The van der Waals surface area contributed by atoms with Crippen molar-refractivity contribution in [2.45, 2.75) is 0 Å². The fraction of sp³-hybridized carbons (Fsp3) is 0.0435. The predicted octanol–water partition coefficient (Wildman–Crippen LogP) is 10.3. The molecule has 0 spiro atoms. The second-order valence-corrected chi connectivity index (χ2v) is 13.3. The topological polar surface area (TPSA) is 65.6 Å². The van der Waals surface area contributed by atoms with Crippen molar-refractivity contribution >= 4 is 54.1 Å². The number of aromatic nitrogens is 5. The number of fused-ring (bicyclic) bond motifs is 9. The Morgan fingerprint density at radius 3 is 1.62 bits per heavy atom. The number of imidazole rings is 1. The summed E-state index contributed by atoms with van der Waals surface area (Å²) in [5, 5.41) is 9.53. The third kappa shape index (κ3) is 4.58. The number of rotatable bonds is 4. The lowest BCUT2D eigenvalue weighted by molar-refractivity contribution is 0.795. The van der Waals surface area contributed by atoms with Crippen LogP contribution in [0, 0.1) is 0 Å². The van der Waals surface area contributed by atoms with Gasteiger partial charge in [0, 0.05) is 30.8 Å². The van der Waals surface area contributed by atoms with Crippen molar-refractivity contribution in [2.24, 2.45) is 14.1 Å². The van der Waals surface area contributed by atoms with E-state index >= 15 is 0 Å². The van der Waals surface area contributed by atoms with Crippen molar-refractivity contribution in [3.05, 3.63) is 162 Å². The molecule has 2 heterocycles. The van der Waals surface area contributed by atoms with Crippen LogP contribution in [-0.4, -0.2) is 24.1 Å². The van der Waals surface area contributed by atoms with Crippen LogP contribution in [0.1, 0.15) is 0 Å². The molecule has 246 valence electrons. The standard InChI is InChI=1S/C46H31N5O/c1-50-40-24-23-30(26-41(40)51(2)46(50)52)29-15-12-16-31(25-29)44-47-43(28-13-4-3-5-14-28)48-45(49-44)39-27-38-34-19-7-6-17-32(34)33-18-8-10-21-36(33)42(38)37-22-11-9-20-35(37)39/h3-27H,1-2H3. The van der Waals surface area contributed by atoms with Crippen LogP contribution in [0.3, 0.4) is 0 Å². The molecule has 6 nitrogen and oxygen atoms in total. The minimum Gasteiger partial charge on any atom is -0.295 e. The van der Waals surface area contributed by atoms with Crippen molar-refractivity contribution in [3.63, 3.8) is 0 Å². The summed E-state index contributed by atoms with van der Waals surface area (Å²) in [6.45, 7) is 0. The van der Waals surface area contributed by atoms with Gasteiger partial charge in [0.15, 0.2) is 17.5 Å². The summed E-state index contributed by atoms with van der Waals surface area (Å²) < 4.78 is 3.36. The zero-order chi connectivity index (χ0) is 34.9. The van der Waals surface area contributed by atoms with Crippen molar-refractivity contribution in [1.29, 1.82) is 0 Å². The molecule has 0 saturated carbocycles. The van der Waals surface area contributed by atoms with Gasteiger partial charge < -0.3 is 0 Å². The van der Waals surface area contributed by atoms with Gasteiger partial charge in [0.2, 0.25) is 0 Å². The van der Waals surface area contributed by atoms with E-state index in [1.807, 2.05) is 55.6 Å². The fourth-order valence-corrected chi connectivity index (χ4v) is 7.82. The van der Waals surface area contributed by atoms with Crippen molar-refractivity contribution in [1.82, 2.24) is 24.1 Å². The third-order valence-electron chi connectivity index (χ3n) is 10.4. The number of nitrogens with zero attached hydrogens (tertiary/aromatic N) is 5. The summed E-state index contributed by atoms with van der Waals surface area (Å²) >= 11 is 0. The summed E-state index contributed by atoms with van der Waals surface area (Å²) in [5.74, 6) is 1.82. The molecule has 8 aromatic carbocycles. The summed E-state index contributed by atoms with van der Waals surface area (Å²) in [6.07, 6.45) is 0. The van der Waals surface area contributed by atoms with Crippen LogP contribution >= 0.6 is 0 Å². The minimum absolute atomic E-state index is 0.0468. The van der Waals surface area contributed by atoms with E-state index < -0.39 is 0 Å². The first kappa shape index (κ1) is 29.9. The van der Waals surface area contributed by atoms with Gasteiger partial charge in [-0.25, -0.2) is 19.7 Å². The van der Waals surface area contributed by atoms with Gasteiger partial charge in [0.05, 0.1) is 11.0 Å². The second-order valence-electron chi connectivity index (χ2n) is 13.3. The van der Waals surface area contributed by atoms with E-state index in [9.17, 15) is 4.79 Å². The zero-order valence-electron chi connectivity index (χ0n) is 28.6. The first-order valence-electron chi connectivity index (χ1n) is 17.4. The van der Waals surface area contributed by atoms with Crippen LogP contribution in [0.25, 0.3) is 99.4 Å². The van der Waals surface area contributed by atoms with E-state index in [1.54, 1.807) is 16.2 Å². The molecule has 0 aliphatic carbocycles. The quantitative estimate of drug-likeness (QED) is 0.175. The molecular formula is C46H31N5O. The van der Waals surface area contributed by atoms with Gasteiger partial charge >= 0.3 is 5.69 Å². The Bertz CT molecular complexity index is 3120. The average Bonchev–Trinajstić information content (AvgIpc) is 3.43. The number of benzene rings is 8. The van der Waals surface area contributed by atoms with E-state index in [1.165, 1.54) is 32.3 Å². The smallest absolute Gasteiger partial charge is 0.295 e. The molecule has 10 aromatic rings. The molecule has 0 atom stereocenters. The molecule has 0 aliphatic heterocycles. The van der Waals surface area contributed by atoms with E-state index in [4.69, 9.17) is 15.0 Å². The van der Waals surface area contributed by atoms with E-state index in [2.05, 4.69) is 103 Å². The fourth-order valence-electron chi connectivity index (χ4n) is 7.82. The second kappa shape index (κ2) is 11.6. The van der Waals surface area contributed by atoms with Gasteiger partial charge in [-0.05, 0) is 78.5 Å². The SMILES string of the molecule is Cn1c(=O)n(C)c2cc(-c3cccc(-c4nc(-c5ccccc5)nc(-c5cc6c7ccccc7c7ccccc7c6c6ccccc56)n4)c3)ccc21. The molecular weight excluding hydrogens is 639 g/mol. The monoisotopic (exact) mass is 669 g/mol. The van der Waals surface area contributed by atoms with Gasteiger partial charge in [-0.2, -0.15) is 0 Å². The molecule has 52 heavy (non-hydrogen) atoms. The molecule has 0 fully saturated rings. The highest BCUT2D eigenvalue weighted by Crippen LogP contribution is 2.42. The first-order chi connectivity index (χ1) is 25.5. The highest BCUT2D eigenvalue weighted by molar-refractivity contribution is 6.32. The van der Waals surface area contributed by atoms with Gasteiger partial charge in [0.1, 0.15) is 0 Å². The summed E-state index contributed by atoms with van der Waals surface area (Å²) in [4.78, 5) is 28.1. The lowest BCUT2D eigenvalue weighted by atomic mass is 9.89. The molecule has 2 aromatic heterocycles. The zero-order valence-corrected chi connectivity index (χ0v) is 28.6. The molecule has 0 saturated heterocycles. The molecule has 10 rings (SSSR count). The first-order valence-corrected chi connectivity index (χ1v) is 17.4. The maximum Gasteiger partial charge on any atom is 0.328 e. The molecule has 0 radical (unpaired) electrons. The van der Waals surface area contributed by atoms with Crippen molar-refractivity contribution in [2.75, 3.05) is 0 Å². The maximum atomic E-state index is 12.7. The van der Waals surface area contributed by atoms with Crippen molar-refractivity contribution in [3.8, 4) is 45.3 Å². The molecule has 0 bridgehead atoms. The Labute approximate surface area is 298 Å². The van der Waals surface area contributed by atoms with Crippen LogP contribution in [0.15, 0.2) is 156 Å². The highest BCUT2D eigenvalue weighted by atomic mass is 16.1. The Balaban J connectivity index is 1.23. The largest absolute Gasteiger partial charge is 0.328 e. The molecule has 6 heteroatoms. The number of aryl methyl sites for hydroxylation is 2. The van der Waals surface area contributed by atoms with Gasteiger partial charge in [-0.3, -0.25) is 9.13 Å². The van der Waals surface area contributed by atoms with E-state index in [-0.39, 0.29) is 5.69 Å². The summed E-state index contributed by atoms with van der Waals surface area (Å²) in [6, 6.07) is 52.7. The summed E-state index contributed by atoms with van der Waals surface area (Å²) in [7, 11) is 3.61. The maximum absolute atomic E-state index is 12.7. The molecule has 0 amide bonds. The van der Waals surface area contributed by atoms with Crippen LogP contribution in [0.2, 0.25) is 0 Å². The van der Waals surface area contributed by atoms with Crippen LogP contribution in [0.4, 0.5) is 0 Å². The molecule has 0 N–H and O–H groups in total. The Morgan fingerprint density at radius 2 is 0.885 bits per heavy atom. The normalized spacial score (nSPS) is 11.7. The van der Waals surface area contributed by atoms with Gasteiger partial charge in [-0.1, -0.05) is 127 Å². The minimum atomic E-state index is -0.0468. The summed E-state index contributed by atoms with van der Waals surface area (Å²) in [5.41, 5.74) is 6.49. The van der Waals surface area contributed by atoms with Crippen molar-refractivity contribution < 1.29 is 0 Å². The highest BCUT2D eigenvalue weighted by Gasteiger charge is 2.19. The van der Waals surface area contributed by atoms with E-state index in [0.29, 0.717) is 17.5 Å². The van der Waals surface area contributed by atoms with Crippen LogP contribution in [-0.2, 0) is 14.1 Å². The van der Waals surface area contributed by atoms with E-state index in [0.717, 1.165) is 49.6 Å². The third-order valence-corrected chi connectivity index (χ3v) is 10.4. The van der Waals surface area contributed by atoms with Crippen LogP contribution in [0.5, 0.6) is 0 Å². The van der Waals surface area contributed by atoms with Gasteiger partial charge in [0.25, 0.3) is 0 Å². The Hall–Kier alpha value is -6.92. The average molecular weight is 670 g/mol. The predicted molar refractivity (Wildman–Crippen MR) is 213 cm³/mol. The number of hydrogen-bond donors (Lipinski definition) is 0. The Morgan fingerprint density at radius 1 is 0.385 bits per heavy atom. The Kier molecular flexibility index (Phi) is 6.66. The molecule has 0 aliphatic rings. The van der Waals surface area contributed by atoms with Crippen LogP contribution < -0.4 is 5.69 Å². The van der Waals surface area contributed by atoms with Gasteiger partial charge in [-0.15, -0.1) is 0 Å². The molecule has 0 unspecified atom stereocenters. The number of hydrogen-bond acceptors (Lipinski definition) is 4. The lowest BCUT2D eigenvalue weighted by Gasteiger charge is -2.16. The lowest BCUT2D eigenvalue weighted by Crippen LogP contribution is -2.19.